The predicted octanol–water partition coefficient (Wildman–Crippen LogP) is 9.60. The second kappa shape index (κ2) is 9.57. The van der Waals surface area contributed by atoms with Crippen LogP contribution >= 0.6 is 0 Å². The Hall–Kier alpha value is -2.24. The number of benzene rings is 4. The standard InChI is InChI=1S/C35H37.Zr/c1-22-13-9-11-15-26(22)30-18-24-17-25-19-31(27-16-12-10-14-23(27)2)33(35(6,7)8)21-29(25)28(24)20-32(30)34(3,4)5;/h9-16,18,20-21H,17H2,1-8H3;/q-1;. The fourth-order valence-corrected chi connectivity index (χ4v) is 5.58. The molecule has 0 fully saturated rings. The van der Waals surface area contributed by atoms with E-state index in [4.69, 9.17) is 0 Å². The summed E-state index contributed by atoms with van der Waals surface area (Å²) in [5.74, 6) is 0. The van der Waals surface area contributed by atoms with E-state index in [0.717, 1.165) is 6.42 Å². The molecule has 5 rings (SSSR count). The molecule has 1 heteroatoms. The molecule has 4 aromatic carbocycles. The molecule has 0 N–H and O–H groups in total. The van der Waals surface area contributed by atoms with Gasteiger partial charge in [0, 0.05) is 26.2 Å². The molecule has 182 valence electrons. The molecule has 0 saturated heterocycles. The van der Waals surface area contributed by atoms with Crippen molar-refractivity contribution in [2.45, 2.75) is 72.6 Å². The zero-order valence-electron chi connectivity index (χ0n) is 23.1. The minimum Gasteiger partial charge on any atom is -0.139 e. The second-order valence-electron chi connectivity index (χ2n) is 12.3. The van der Waals surface area contributed by atoms with Crippen molar-refractivity contribution in [3.8, 4) is 33.4 Å². The SMILES string of the molecule is Cc1ccccc1-c1[c-]c2c(cc1C(C)(C)C)-c1cc(C(C)(C)C)c(-c3ccccc3C)cc1C2.[Zr]. The van der Waals surface area contributed by atoms with Gasteiger partial charge in [0.05, 0.1) is 0 Å². The van der Waals surface area contributed by atoms with Gasteiger partial charge in [-0.3, -0.25) is 0 Å². The minimum absolute atomic E-state index is 0. The molecule has 0 saturated carbocycles. The summed E-state index contributed by atoms with van der Waals surface area (Å²) < 4.78 is 0. The molecule has 0 unspecified atom stereocenters. The summed E-state index contributed by atoms with van der Waals surface area (Å²) in [6.45, 7) is 18.4. The number of hydrogen-bond donors (Lipinski definition) is 0. The van der Waals surface area contributed by atoms with E-state index in [0.29, 0.717) is 0 Å². The van der Waals surface area contributed by atoms with E-state index in [2.05, 4.69) is 128 Å². The van der Waals surface area contributed by atoms with Crippen LogP contribution in [0.25, 0.3) is 33.4 Å². The summed E-state index contributed by atoms with van der Waals surface area (Å²) in [6.07, 6.45) is 0.942. The molecular weight excluding hydrogens is 512 g/mol. The first-order valence-corrected chi connectivity index (χ1v) is 12.8. The molecule has 0 radical (unpaired) electrons. The van der Waals surface area contributed by atoms with Crippen LogP contribution in [-0.2, 0) is 43.5 Å². The van der Waals surface area contributed by atoms with Gasteiger partial charge in [-0.05, 0) is 58.9 Å². The Labute approximate surface area is 237 Å². The summed E-state index contributed by atoms with van der Waals surface area (Å²) in [6, 6.07) is 28.9. The van der Waals surface area contributed by atoms with Crippen LogP contribution in [-0.4, -0.2) is 0 Å². The first kappa shape index (κ1) is 26.8. The maximum absolute atomic E-state index is 3.93. The molecule has 36 heavy (non-hydrogen) atoms. The second-order valence-corrected chi connectivity index (χ2v) is 12.3. The molecule has 0 aromatic heterocycles. The molecule has 0 atom stereocenters. The molecule has 0 aliphatic heterocycles. The fraction of sp³-hybridized carbons (Fsp3) is 0.314. The summed E-state index contributed by atoms with van der Waals surface area (Å²) >= 11 is 0. The van der Waals surface area contributed by atoms with Gasteiger partial charge in [0.25, 0.3) is 0 Å². The molecule has 0 nitrogen and oxygen atoms in total. The van der Waals surface area contributed by atoms with Crippen molar-refractivity contribution in [2.75, 3.05) is 0 Å². The van der Waals surface area contributed by atoms with Crippen molar-refractivity contribution in [1.82, 2.24) is 0 Å². The average Bonchev–Trinajstić information content (AvgIpc) is 3.13. The fourth-order valence-electron chi connectivity index (χ4n) is 5.58. The van der Waals surface area contributed by atoms with E-state index < -0.39 is 0 Å². The number of aryl methyl sites for hydroxylation is 2. The summed E-state index contributed by atoms with van der Waals surface area (Å²) in [5.41, 5.74) is 16.3. The van der Waals surface area contributed by atoms with Crippen molar-refractivity contribution in [3.05, 3.63) is 106 Å². The normalized spacial score (nSPS) is 12.7. The van der Waals surface area contributed by atoms with E-state index in [-0.39, 0.29) is 37.0 Å². The Morgan fingerprint density at radius 1 is 0.583 bits per heavy atom. The monoisotopic (exact) mass is 547 g/mol. The molecule has 0 amide bonds. The maximum atomic E-state index is 3.93. The Bertz CT molecular complexity index is 1330. The maximum Gasteiger partial charge on any atom is 0 e. The van der Waals surface area contributed by atoms with Crippen molar-refractivity contribution in [2.24, 2.45) is 0 Å². The zero-order chi connectivity index (χ0) is 25.1. The third kappa shape index (κ3) is 4.72. The molecule has 0 spiro atoms. The summed E-state index contributed by atoms with van der Waals surface area (Å²) in [5, 5.41) is 0. The van der Waals surface area contributed by atoms with Crippen LogP contribution in [0.3, 0.4) is 0 Å². The van der Waals surface area contributed by atoms with Gasteiger partial charge in [0.15, 0.2) is 0 Å². The molecule has 0 bridgehead atoms. The molecular formula is C35H37Zr-. The van der Waals surface area contributed by atoms with Crippen LogP contribution < -0.4 is 0 Å². The van der Waals surface area contributed by atoms with Crippen LogP contribution in [0.4, 0.5) is 0 Å². The van der Waals surface area contributed by atoms with Crippen molar-refractivity contribution in [1.29, 1.82) is 0 Å². The van der Waals surface area contributed by atoms with Crippen LogP contribution in [0.2, 0.25) is 0 Å². The van der Waals surface area contributed by atoms with Gasteiger partial charge in [-0.2, -0.15) is 0 Å². The Kier molecular flexibility index (Phi) is 7.13. The third-order valence-corrected chi connectivity index (χ3v) is 7.53. The molecule has 1 aliphatic carbocycles. The van der Waals surface area contributed by atoms with E-state index in [9.17, 15) is 0 Å². The summed E-state index contributed by atoms with van der Waals surface area (Å²) in [7, 11) is 0. The molecule has 0 heterocycles. The van der Waals surface area contributed by atoms with Gasteiger partial charge in [0.2, 0.25) is 0 Å². The van der Waals surface area contributed by atoms with Crippen LogP contribution in [0, 0.1) is 19.9 Å². The van der Waals surface area contributed by atoms with Gasteiger partial charge in [0.1, 0.15) is 0 Å². The number of hydrogen-bond acceptors (Lipinski definition) is 0. The van der Waals surface area contributed by atoms with E-state index in [1.807, 2.05) is 0 Å². The minimum atomic E-state index is 0. The Balaban J connectivity index is 0.00000304. The Morgan fingerprint density at radius 2 is 1.11 bits per heavy atom. The summed E-state index contributed by atoms with van der Waals surface area (Å²) in [4.78, 5) is 0. The quantitative estimate of drug-likeness (QED) is 0.193. The van der Waals surface area contributed by atoms with Crippen molar-refractivity contribution in [3.63, 3.8) is 0 Å². The first-order chi connectivity index (χ1) is 16.4. The van der Waals surface area contributed by atoms with Gasteiger partial charge >= 0.3 is 0 Å². The van der Waals surface area contributed by atoms with Crippen molar-refractivity contribution < 1.29 is 26.2 Å². The number of fused-ring (bicyclic) bond motifs is 3. The third-order valence-electron chi connectivity index (χ3n) is 7.53. The van der Waals surface area contributed by atoms with Gasteiger partial charge in [-0.15, -0.1) is 28.8 Å². The average molecular weight is 549 g/mol. The van der Waals surface area contributed by atoms with Crippen LogP contribution in [0.15, 0.2) is 66.7 Å². The van der Waals surface area contributed by atoms with Gasteiger partial charge in [-0.25, -0.2) is 0 Å². The number of rotatable bonds is 2. The molecule has 4 aromatic rings. The van der Waals surface area contributed by atoms with Gasteiger partial charge in [-0.1, -0.05) is 124 Å². The zero-order valence-corrected chi connectivity index (χ0v) is 25.5. The molecule has 1 aliphatic rings. The Morgan fingerprint density at radius 3 is 1.67 bits per heavy atom. The van der Waals surface area contributed by atoms with E-state index in [1.165, 1.54) is 66.8 Å². The predicted molar refractivity (Wildman–Crippen MR) is 151 cm³/mol. The van der Waals surface area contributed by atoms with Crippen molar-refractivity contribution >= 4 is 0 Å². The van der Waals surface area contributed by atoms with Gasteiger partial charge < -0.3 is 0 Å². The smallest absolute Gasteiger partial charge is 0 e. The van der Waals surface area contributed by atoms with E-state index >= 15 is 0 Å². The first-order valence-electron chi connectivity index (χ1n) is 12.8. The van der Waals surface area contributed by atoms with E-state index in [1.54, 1.807) is 0 Å². The largest absolute Gasteiger partial charge is 0.139 e. The van der Waals surface area contributed by atoms with Crippen LogP contribution in [0.5, 0.6) is 0 Å². The van der Waals surface area contributed by atoms with Crippen LogP contribution in [0.1, 0.15) is 74.9 Å². The topological polar surface area (TPSA) is 0 Å².